The molecule has 2 N–H and O–H groups in total. The van der Waals surface area contributed by atoms with E-state index in [0.29, 0.717) is 12.2 Å². The Balaban J connectivity index is 1.78. The van der Waals surface area contributed by atoms with Gasteiger partial charge in [-0.3, -0.25) is 9.80 Å². The number of amides is 1. The third kappa shape index (κ3) is 4.45. The number of ether oxygens (including phenoxy) is 1. The van der Waals surface area contributed by atoms with Crippen LogP contribution in [0.1, 0.15) is 23.0 Å². The number of carbonyl (C=O) groups is 1. The van der Waals surface area contributed by atoms with Crippen molar-refractivity contribution in [1.82, 2.24) is 15.2 Å². The molecule has 0 bridgehead atoms. The highest BCUT2D eigenvalue weighted by molar-refractivity contribution is 5.92. The van der Waals surface area contributed by atoms with Crippen LogP contribution in [0.15, 0.2) is 60.8 Å². The third-order valence-electron chi connectivity index (χ3n) is 3.93. The monoisotopic (exact) mass is 366 g/mol. The lowest BCUT2D eigenvalue weighted by Crippen LogP contribution is -2.37. The molecule has 0 atom stereocenters. The van der Waals surface area contributed by atoms with Gasteiger partial charge in [-0.2, -0.15) is 5.10 Å². The van der Waals surface area contributed by atoms with Crippen molar-refractivity contribution >= 4 is 5.91 Å². The van der Waals surface area contributed by atoms with Gasteiger partial charge in [0.05, 0.1) is 19.3 Å². The first-order valence-electron chi connectivity index (χ1n) is 8.44. The van der Waals surface area contributed by atoms with Gasteiger partial charge in [-0.05, 0) is 36.8 Å². The van der Waals surface area contributed by atoms with Crippen LogP contribution in [-0.2, 0) is 6.54 Å². The molecule has 3 rings (SSSR count). The third-order valence-corrected chi connectivity index (χ3v) is 3.93. The lowest BCUT2D eigenvalue weighted by atomic mass is 10.1. The number of hydrogen-bond acceptors (Lipinski definition) is 5. The zero-order valence-corrected chi connectivity index (χ0v) is 14.8. The van der Waals surface area contributed by atoms with Crippen molar-refractivity contribution in [2.75, 3.05) is 6.61 Å². The van der Waals surface area contributed by atoms with Gasteiger partial charge in [0, 0.05) is 11.1 Å². The van der Waals surface area contributed by atoms with E-state index in [9.17, 15) is 9.18 Å². The van der Waals surface area contributed by atoms with Crippen molar-refractivity contribution in [3.63, 3.8) is 0 Å². The van der Waals surface area contributed by atoms with Gasteiger partial charge in [-0.15, -0.1) is 5.10 Å². The van der Waals surface area contributed by atoms with E-state index in [4.69, 9.17) is 10.6 Å². The minimum atomic E-state index is -0.543. The molecule has 1 heterocycles. The SMILES string of the molecule is CCOc1ccc(-c2cnnc(C(=O)N(N)Cc3ccccc3F)c2)cc1. The van der Waals surface area contributed by atoms with Gasteiger partial charge in [0.25, 0.3) is 5.91 Å². The predicted molar refractivity (Wildman–Crippen MR) is 99.1 cm³/mol. The quantitative estimate of drug-likeness (QED) is 0.412. The summed E-state index contributed by atoms with van der Waals surface area (Å²) < 4.78 is 19.2. The van der Waals surface area contributed by atoms with Crippen molar-refractivity contribution in [2.45, 2.75) is 13.5 Å². The Kier molecular flexibility index (Phi) is 5.73. The Bertz CT molecular complexity index is 931. The Morgan fingerprint density at radius 2 is 1.89 bits per heavy atom. The first-order valence-corrected chi connectivity index (χ1v) is 8.44. The highest BCUT2D eigenvalue weighted by atomic mass is 19.1. The van der Waals surface area contributed by atoms with Crippen LogP contribution in [0.5, 0.6) is 5.75 Å². The zero-order valence-electron chi connectivity index (χ0n) is 14.8. The molecule has 27 heavy (non-hydrogen) atoms. The fourth-order valence-electron chi connectivity index (χ4n) is 2.57. The summed E-state index contributed by atoms with van der Waals surface area (Å²) in [6, 6.07) is 15.2. The average molecular weight is 366 g/mol. The number of hydrogen-bond donors (Lipinski definition) is 1. The molecule has 0 aliphatic rings. The van der Waals surface area contributed by atoms with E-state index in [-0.39, 0.29) is 12.2 Å². The lowest BCUT2D eigenvalue weighted by Gasteiger charge is -2.16. The molecule has 0 aliphatic carbocycles. The smallest absolute Gasteiger partial charge is 0.288 e. The number of halogens is 1. The fourth-order valence-corrected chi connectivity index (χ4v) is 2.57. The molecule has 0 fully saturated rings. The number of aromatic nitrogens is 2. The summed E-state index contributed by atoms with van der Waals surface area (Å²) in [5.41, 5.74) is 1.99. The lowest BCUT2D eigenvalue weighted by molar-refractivity contribution is 0.0734. The first kappa shape index (κ1) is 18.5. The molecule has 0 saturated carbocycles. The van der Waals surface area contributed by atoms with E-state index in [1.54, 1.807) is 30.5 Å². The van der Waals surface area contributed by atoms with Crippen LogP contribution < -0.4 is 10.6 Å². The maximum atomic E-state index is 13.8. The van der Waals surface area contributed by atoms with E-state index >= 15 is 0 Å². The highest BCUT2D eigenvalue weighted by Gasteiger charge is 2.17. The van der Waals surface area contributed by atoms with Crippen molar-refractivity contribution in [2.24, 2.45) is 5.84 Å². The second-order valence-corrected chi connectivity index (χ2v) is 5.81. The number of benzene rings is 2. The molecule has 1 aromatic heterocycles. The molecule has 138 valence electrons. The van der Waals surface area contributed by atoms with Crippen molar-refractivity contribution in [3.8, 4) is 16.9 Å². The molecule has 0 unspecified atom stereocenters. The summed E-state index contributed by atoms with van der Waals surface area (Å²) >= 11 is 0. The van der Waals surface area contributed by atoms with Gasteiger partial charge < -0.3 is 4.74 Å². The molecule has 7 heteroatoms. The van der Waals surface area contributed by atoms with Gasteiger partial charge >= 0.3 is 0 Å². The van der Waals surface area contributed by atoms with Crippen LogP contribution >= 0.6 is 0 Å². The normalized spacial score (nSPS) is 10.5. The van der Waals surface area contributed by atoms with Crippen LogP contribution in [0, 0.1) is 5.82 Å². The first-order chi connectivity index (χ1) is 13.1. The number of nitrogens with zero attached hydrogens (tertiary/aromatic N) is 3. The van der Waals surface area contributed by atoms with Crippen LogP contribution in [0.3, 0.4) is 0 Å². The maximum absolute atomic E-state index is 13.8. The molecule has 0 spiro atoms. The summed E-state index contributed by atoms with van der Waals surface area (Å²) in [5, 5.41) is 8.67. The van der Waals surface area contributed by atoms with Crippen LogP contribution in [0.2, 0.25) is 0 Å². The Labute approximate surface area is 156 Å². The molecule has 0 aliphatic heterocycles. The Morgan fingerprint density at radius 3 is 2.59 bits per heavy atom. The average Bonchev–Trinajstić information content (AvgIpc) is 2.70. The number of rotatable bonds is 6. The Morgan fingerprint density at radius 1 is 1.15 bits per heavy atom. The van der Waals surface area contributed by atoms with Crippen molar-refractivity contribution < 1.29 is 13.9 Å². The van der Waals surface area contributed by atoms with Gasteiger partial charge in [-0.1, -0.05) is 30.3 Å². The van der Waals surface area contributed by atoms with Crippen LogP contribution in [0.4, 0.5) is 4.39 Å². The van der Waals surface area contributed by atoms with Gasteiger partial charge in [0.15, 0.2) is 5.69 Å². The van der Waals surface area contributed by atoms with E-state index in [1.807, 2.05) is 31.2 Å². The molecule has 1 amide bonds. The molecule has 6 nitrogen and oxygen atoms in total. The summed E-state index contributed by atoms with van der Waals surface area (Å²) in [6.45, 7) is 2.43. The maximum Gasteiger partial charge on any atom is 0.288 e. The molecule has 0 radical (unpaired) electrons. The predicted octanol–water partition coefficient (Wildman–Crippen LogP) is 3.20. The number of nitrogens with two attached hydrogens (primary N) is 1. The summed E-state index contributed by atoms with van der Waals surface area (Å²) in [6.07, 6.45) is 1.56. The zero-order chi connectivity index (χ0) is 19.2. The van der Waals surface area contributed by atoms with Crippen LogP contribution in [-0.4, -0.2) is 27.7 Å². The number of carbonyl (C=O) groups excluding carboxylic acids is 1. The standard InChI is InChI=1S/C20H19FN4O2/c1-2-27-17-9-7-14(8-10-17)16-11-19(24-23-12-16)20(26)25(22)13-15-5-3-4-6-18(15)21/h3-12H,2,13,22H2,1H3. The largest absolute Gasteiger partial charge is 0.494 e. The van der Waals surface area contributed by atoms with E-state index in [1.165, 1.54) is 6.07 Å². The van der Waals surface area contributed by atoms with Gasteiger partial charge in [0.1, 0.15) is 11.6 Å². The molecular formula is C20H19FN4O2. The second-order valence-electron chi connectivity index (χ2n) is 5.81. The summed E-state index contributed by atoms with van der Waals surface area (Å²) in [5.74, 6) is 5.62. The van der Waals surface area contributed by atoms with E-state index < -0.39 is 11.7 Å². The topological polar surface area (TPSA) is 81.3 Å². The van der Waals surface area contributed by atoms with Crippen molar-refractivity contribution in [3.05, 3.63) is 77.9 Å². The second kappa shape index (κ2) is 8.37. The highest BCUT2D eigenvalue weighted by Crippen LogP contribution is 2.22. The van der Waals surface area contributed by atoms with Crippen molar-refractivity contribution in [1.29, 1.82) is 0 Å². The van der Waals surface area contributed by atoms with Crippen LogP contribution in [0.25, 0.3) is 11.1 Å². The molecule has 3 aromatic rings. The van der Waals surface area contributed by atoms with Gasteiger partial charge in [-0.25, -0.2) is 10.2 Å². The van der Waals surface area contributed by atoms with E-state index in [0.717, 1.165) is 21.9 Å². The molecule has 2 aromatic carbocycles. The minimum absolute atomic E-state index is 0.0690. The van der Waals surface area contributed by atoms with E-state index in [2.05, 4.69) is 10.2 Å². The summed E-state index contributed by atoms with van der Waals surface area (Å²) in [4.78, 5) is 12.5. The minimum Gasteiger partial charge on any atom is -0.494 e. The summed E-state index contributed by atoms with van der Waals surface area (Å²) in [7, 11) is 0. The number of hydrazine groups is 1. The van der Waals surface area contributed by atoms with Gasteiger partial charge in [0.2, 0.25) is 0 Å². The Hall–Kier alpha value is -3.32. The molecular weight excluding hydrogens is 347 g/mol. The fraction of sp³-hybridized carbons (Fsp3) is 0.150. The molecule has 0 saturated heterocycles.